The van der Waals surface area contributed by atoms with Crippen molar-refractivity contribution in [3.63, 3.8) is 0 Å². The molecule has 1 aromatic rings. The zero-order valence-electron chi connectivity index (χ0n) is 8.44. The molecule has 0 aliphatic heterocycles. The van der Waals surface area contributed by atoms with Crippen LogP contribution in [0.5, 0.6) is 5.75 Å². The van der Waals surface area contributed by atoms with E-state index in [9.17, 15) is 12.9 Å². The first-order chi connectivity index (χ1) is 6.38. The van der Waals surface area contributed by atoms with Crippen molar-refractivity contribution in [2.24, 2.45) is 0 Å². The topological polar surface area (TPSA) is 9.23 Å². The van der Waals surface area contributed by atoms with Crippen molar-refractivity contribution in [1.29, 1.82) is 0 Å². The first kappa shape index (κ1) is 15.8. The Morgan fingerprint density at radius 3 is 2.40 bits per heavy atom. The average Bonchev–Trinajstić information content (AvgIpc) is 2.00. The molecule has 1 nitrogen and oxygen atoms in total. The second-order valence-corrected chi connectivity index (χ2v) is 3.37. The number of hydrogen-bond donors (Lipinski definition) is 0. The summed E-state index contributed by atoms with van der Waals surface area (Å²) in [5.74, 6) is 0.216. The second kappa shape index (κ2) is 6.52. The molecule has 0 aliphatic carbocycles. The molecule has 0 amide bonds. The fourth-order valence-corrected chi connectivity index (χ4v) is 1.19. The molecule has 0 fully saturated rings. The predicted molar refractivity (Wildman–Crippen MR) is 50.8 cm³/mol. The molecule has 15 heavy (non-hydrogen) atoms. The molecule has 0 unspecified atom stereocenters. The van der Waals surface area contributed by atoms with E-state index in [0.29, 0.717) is 10.6 Å². The Bertz CT molecular complexity index is 332. The maximum Gasteiger partial charge on any atom is 1.00 e. The van der Waals surface area contributed by atoms with Gasteiger partial charge in [0.05, 0.1) is 6.51 Å². The van der Waals surface area contributed by atoms with Crippen LogP contribution in [0.2, 0.25) is 5.02 Å². The van der Waals surface area contributed by atoms with Crippen LogP contribution in [0.4, 0.5) is 12.9 Å². The summed E-state index contributed by atoms with van der Waals surface area (Å²) in [6.45, 7) is -4.48. The Kier molecular flexibility index (Phi) is 6.86. The Morgan fingerprint density at radius 1 is 1.33 bits per heavy atom. The van der Waals surface area contributed by atoms with Crippen LogP contribution in [0.1, 0.15) is 5.56 Å². The van der Waals surface area contributed by atoms with Crippen molar-refractivity contribution in [2.75, 3.05) is 6.51 Å². The molecule has 78 valence electrons. The van der Waals surface area contributed by atoms with Gasteiger partial charge in [-0.1, -0.05) is 11.6 Å². The van der Waals surface area contributed by atoms with Gasteiger partial charge in [0.2, 0.25) is 0 Å². The quantitative estimate of drug-likeness (QED) is 0.718. The van der Waals surface area contributed by atoms with E-state index in [0.717, 1.165) is 0 Å². The van der Waals surface area contributed by atoms with Crippen LogP contribution in [0.25, 0.3) is 0 Å². The van der Waals surface area contributed by atoms with Crippen molar-refractivity contribution >= 4 is 18.6 Å². The zero-order valence-corrected chi connectivity index (χ0v) is 12.3. The van der Waals surface area contributed by atoms with Crippen LogP contribution >= 0.6 is 11.6 Å². The molecule has 1 aromatic carbocycles. The summed E-state index contributed by atoms with van der Waals surface area (Å²) >= 11 is 5.63. The third kappa shape index (κ3) is 6.19. The van der Waals surface area contributed by atoms with Crippen LogP contribution < -0.4 is 56.1 Å². The molecule has 0 bridgehead atoms. The van der Waals surface area contributed by atoms with Crippen molar-refractivity contribution in [2.45, 2.75) is 6.92 Å². The van der Waals surface area contributed by atoms with Gasteiger partial charge in [-0.3, -0.25) is 0 Å². The first-order valence-corrected chi connectivity index (χ1v) is 4.36. The molecule has 1 rings (SSSR count). The Hall–Kier alpha value is 0.801. The van der Waals surface area contributed by atoms with Crippen molar-refractivity contribution in [3.8, 4) is 5.75 Å². The third-order valence-electron chi connectivity index (χ3n) is 1.56. The van der Waals surface area contributed by atoms with Gasteiger partial charge in [-0.25, -0.2) is 0 Å². The molecule has 7 heteroatoms. The number of aryl methyl sites for hydroxylation is 1. The summed E-state index contributed by atoms with van der Waals surface area (Å²) in [5.41, 5.74) is 0.595. The number of ether oxygens (including phenoxy) is 1. The summed E-state index contributed by atoms with van der Waals surface area (Å²) < 4.78 is 40.2. The summed E-state index contributed by atoms with van der Waals surface area (Å²) in [5, 5.41) is 0.479. The minimum absolute atomic E-state index is 0. The molecular formula is C8H8BClF3KO. The average molecular weight is 263 g/mol. The van der Waals surface area contributed by atoms with E-state index >= 15 is 0 Å². The van der Waals surface area contributed by atoms with E-state index < -0.39 is 13.5 Å². The first-order valence-electron chi connectivity index (χ1n) is 3.98. The van der Waals surface area contributed by atoms with Gasteiger partial charge < -0.3 is 17.7 Å². The van der Waals surface area contributed by atoms with Crippen LogP contribution in [-0.2, 0) is 0 Å². The zero-order chi connectivity index (χ0) is 10.8. The molecule has 0 heterocycles. The normalized spacial score (nSPS) is 10.7. The summed E-state index contributed by atoms with van der Waals surface area (Å²) in [4.78, 5) is 0. The molecule has 0 spiro atoms. The molecule has 0 aliphatic rings. The third-order valence-corrected chi connectivity index (χ3v) is 1.80. The summed E-state index contributed by atoms with van der Waals surface area (Å²) in [6.07, 6.45) is 0. The van der Waals surface area contributed by atoms with Gasteiger partial charge in [0.1, 0.15) is 5.75 Å². The second-order valence-electron chi connectivity index (χ2n) is 2.93. The Labute approximate surface area is 134 Å². The van der Waals surface area contributed by atoms with Crippen LogP contribution in [-0.4, -0.2) is 13.5 Å². The minimum Gasteiger partial charge on any atom is -0.521 e. The molecule has 0 saturated carbocycles. The van der Waals surface area contributed by atoms with E-state index in [1.165, 1.54) is 12.1 Å². The molecule has 0 saturated heterocycles. The smallest absolute Gasteiger partial charge is 0.521 e. The molecule has 0 N–H and O–H groups in total. The number of hydrogen-bond acceptors (Lipinski definition) is 1. The van der Waals surface area contributed by atoms with Gasteiger partial charge in [0.25, 0.3) is 0 Å². The van der Waals surface area contributed by atoms with Gasteiger partial charge in [0.15, 0.2) is 0 Å². The predicted octanol–water partition coefficient (Wildman–Crippen LogP) is 0.418. The van der Waals surface area contributed by atoms with E-state index in [1.54, 1.807) is 13.0 Å². The van der Waals surface area contributed by atoms with Crippen LogP contribution in [0.3, 0.4) is 0 Å². The van der Waals surface area contributed by atoms with E-state index in [2.05, 4.69) is 4.74 Å². The fraction of sp³-hybridized carbons (Fsp3) is 0.250. The summed E-state index contributed by atoms with van der Waals surface area (Å²) in [7, 11) is 0. The SMILES string of the molecule is Cc1cc(Cl)ccc1OC[B-](F)(F)F.[K+]. The molecule has 0 atom stereocenters. The van der Waals surface area contributed by atoms with E-state index in [4.69, 9.17) is 11.6 Å². The number of rotatable bonds is 3. The minimum atomic E-state index is -4.91. The van der Waals surface area contributed by atoms with Crippen LogP contribution in [0.15, 0.2) is 18.2 Å². The number of benzene rings is 1. The fourth-order valence-electron chi connectivity index (χ4n) is 0.959. The van der Waals surface area contributed by atoms with Crippen molar-refractivity contribution < 1.29 is 69.1 Å². The summed E-state index contributed by atoms with van der Waals surface area (Å²) in [6, 6.07) is 4.48. The van der Waals surface area contributed by atoms with E-state index in [-0.39, 0.29) is 57.1 Å². The van der Waals surface area contributed by atoms with Gasteiger partial charge >= 0.3 is 58.4 Å². The molecule has 0 aromatic heterocycles. The number of halogens is 4. The Balaban J connectivity index is 0.00000196. The van der Waals surface area contributed by atoms with Crippen molar-refractivity contribution in [1.82, 2.24) is 0 Å². The largest absolute Gasteiger partial charge is 1.00 e. The maximum atomic E-state index is 11.9. The molecule has 0 radical (unpaired) electrons. The monoisotopic (exact) mass is 262 g/mol. The van der Waals surface area contributed by atoms with Crippen LogP contribution in [0, 0.1) is 6.92 Å². The van der Waals surface area contributed by atoms with Gasteiger partial charge in [-0.05, 0) is 30.7 Å². The Morgan fingerprint density at radius 2 is 1.93 bits per heavy atom. The van der Waals surface area contributed by atoms with Gasteiger partial charge in [-0.15, -0.1) is 0 Å². The van der Waals surface area contributed by atoms with Crippen molar-refractivity contribution in [3.05, 3.63) is 28.8 Å². The standard InChI is InChI=1S/C8H8BClF3O.K/c1-6-4-7(10)2-3-8(6)14-5-9(11,12)13;/h2-4H,5H2,1H3;/q-1;+1. The van der Waals surface area contributed by atoms with Gasteiger partial charge in [-0.2, -0.15) is 0 Å². The van der Waals surface area contributed by atoms with Gasteiger partial charge in [0, 0.05) is 5.02 Å². The molecular weight excluding hydrogens is 254 g/mol. The van der Waals surface area contributed by atoms with E-state index in [1.807, 2.05) is 0 Å². The maximum absolute atomic E-state index is 11.9.